The number of alkyl halides is 3. The molecule has 6 N–H and O–H groups in total. The van der Waals surface area contributed by atoms with E-state index in [-0.39, 0.29) is 0 Å². The second-order valence-corrected chi connectivity index (χ2v) is 5.90. The number of nitrogens with two attached hydrogens (primary N) is 3. The van der Waals surface area contributed by atoms with Crippen molar-refractivity contribution in [2.45, 2.75) is 23.6 Å². The van der Waals surface area contributed by atoms with Crippen molar-refractivity contribution in [3.8, 4) is 0 Å². The first-order valence-electron chi connectivity index (χ1n) is 6.18. The predicted molar refractivity (Wildman–Crippen MR) is 86.1 cm³/mol. The van der Waals surface area contributed by atoms with Gasteiger partial charge in [-0.3, -0.25) is 0 Å². The maximum atomic E-state index is 5.63. The zero-order chi connectivity index (χ0) is 14.7. The van der Waals surface area contributed by atoms with E-state index in [1.165, 1.54) is 16.7 Å². The second-order valence-electron chi connectivity index (χ2n) is 3.92. The fourth-order valence-electron chi connectivity index (χ4n) is 1.93. The third-order valence-corrected chi connectivity index (χ3v) is 2.59. The van der Waals surface area contributed by atoms with Gasteiger partial charge in [-0.05, 0) is 55.6 Å². The Balaban J connectivity index is 0.000000711. The van der Waals surface area contributed by atoms with Gasteiger partial charge in [-0.25, -0.2) is 0 Å². The van der Waals surface area contributed by atoms with Crippen LogP contribution in [0.2, 0.25) is 0 Å². The van der Waals surface area contributed by atoms with E-state index in [2.05, 4.69) is 18.2 Å². The molecule has 0 fully saturated rings. The molecule has 0 aliphatic rings. The summed E-state index contributed by atoms with van der Waals surface area (Å²) in [5.41, 5.74) is 20.8. The zero-order valence-corrected chi connectivity index (χ0v) is 13.2. The minimum atomic E-state index is -0.750. The van der Waals surface area contributed by atoms with Gasteiger partial charge in [0.25, 0.3) is 0 Å². The number of hydrogen-bond donors (Lipinski definition) is 3. The Hall–Kier alpha value is -0.0300. The maximum absolute atomic E-state index is 5.63. The van der Waals surface area contributed by atoms with E-state index in [0.29, 0.717) is 19.6 Å². The van der Waals surface area contributed by atoms with Crippen molar-refractivity contribution in [2.75, 3.05) is 19.6 Å². The molecule has 0 bridgehead atoms. The zero-order valence-electron chi connectivity index (χ0n) is 10.9. The van der Waals surface area contributed by atoms with Crippen LogP contribution in [-0.2, 0) is 19.3 Å². The van der Waals surface area contributed by atoms with Crippen LogP contribution < -0.4 is 17.2 Å². The van der Waals surface area contributed by atoms with Crippen LogP contribution in [0, 0.1) is 0 Å². The summed E-state index contributed by atoms with van der Waals surface area (Å²) in [5.74, 6) is 0. The Morgan fingerprint density at radius 3 is 1.47 bits per heavy atom. The standard InChI is InChI=1S/C12H21N3.CHCl3/c13-7-4-10-2-1-3-11(5-8-14)12(10)6-9-15;2-1(3)4/h1-3H,4-9,13-15H2;1H. The van der Waals surface area contributed by atoms with Crippen molar-refractivity contribution in [1.82, 2.24) is 0 Å². The van der Waals surface area contributed by atoms with Gasteiger partial charge in [0.15, 0.2) is 4.30 Å². The van der Waals surface area contributed by atoms with Crippen LogP contribution in [0.1, 0.15) is 16.7 Å². The largest absolute Gasteiger partial charge is 0.330 e. The summed E-state index contributed by atoms with van der Waals surface area (Å²) in [7, 11) is 0. The summed E-state index contributed by atoms with van der Waals surface area (Å²) in [6.07, 6.45) is 2.77. The Kier molecular flexibility index (Phi) is 11.7. The molecule has 0 radical (unpaired) electrons. The van der Waals surface area contributed by atoms with E-state index < -0.39 is 4.30 Å². The molecule has 6 heteroatoms. The fraction of sp³-hybridized carbons (Fsp3) is 0.538. The molecule has 0 aromatic heterocycles. The monoisotopic (exact) mass is 325 g/mol. The van der Waals surface area contributed by atoms with Crippen LogP contribution in [0.25, 0.3) is 0 Å². The highest BCUT2D eigenvalue weighted by Crippen LogP contribution is 2.16. The average molecular weight is 327 g/mol. The van der Waals surface area contributed by atoms with Gasteiger partial charge in [0.2, 0.25) is 0 Å². The molecule has 0 aliphatic heterocycles. The van der Waals surface area contributed by atoms with Gasteiger partial charge >= 0.3 is 0 Å². The molecule has 0 saturated carbocycles. The van der Waals surface area contributed by atoms with Crippen LogP contribution >= 0.6 is 34.8 Å². The summed E-state index contributed by atoms with van der Waals surface area (Å²) in [5, 5.41) is 0. The SMILES string of the molecule is ClC(Cl)Cl.NCCc1cccc(CCN)c1CCN. The number of rotatable bonds is 6. The first-order chi connectivity index (χ1) is 9.06. The Morgan fingerprint density at radius 2 is 1.16 bits per heavy atom. The summed E-state index contributed by atoms with van der Waals surface area (Å²) < 4.78 is -0.750. The molecule has 110 valence electrons. The molecule has 1 rings (SSSR count). The molecule has 0 amide bonds. The van der Waals surface area contributed by atoms with E-state index in [1.54, 1.807) is 0 Å². The van der Waals surface area contributed by atoms with Gasteiger partial charge in [0.05, 0.1) is 0 Å². The third kappa shape index (κ3) is 8.69. The Labute approximate surface area is 130 Å². The van der Waals surface area contributed by atoms with E-state index in [9.17, 15) is 0 Å². The molecule has 0 spiro atoms. The highest BCUT2D eigenvalue weighted by molar-refractivity contribution is 6.63. The lowest BCUT2D eigenvalue weighted by Crippen LogP contribution is -2.13. The summed E-state index contributed by atoms with van der Waals surface area (Å²) >= 11 is 14.4. The van der Waals surface area contributed by atoms with Crippen molar-refractivity contribution in [2.24, 2.45) is 17.2 Å². The highest BCUT2D eigenvalue weighted by Gasteiger charge is 2.06. The van der Waals surface area contributed by atoms with Crippen LogP contribution in [-0.4, -0.2) is 23.9 Å². The van der Waals surface area contributed by atoms with Crippen molar-refractivity contribution < 1.29 is 0 Å². The lowest BCUT2D eigenvalue weighted by atomic mass is 9.94. The average Bonchev–Trinajstić information content (AvgIpc) is 2.33. The van der Waals surface area contributed by atoms with Crippen LogP contribution in [0.5, 0.6) is 0 Å². The number of halogens is 3. The molecule has 19 heavy (non-hydrogen) atoms. The molecule has 0 atom stereocenters. The summed E-state index contributed by atoms with van der Waals surface area (Å²) in [6.45, 7) is 2.05. The third-order valence-electron chi connectivity index (χ3n) is 2.59. The van der Waals surface area contributed by atoms with E-state index in [1.807, 2.05) is 0 Å². The van der Waals surface area contributed by atoms with Crippen molar-refractivity contribution >= 4 is 34.8 Å². The normalized spacial score (nSPS) is 10.3. The van der Waals surface area contributed by atoms with Crippen LogP contribution in [0.3, 0.4) is 0 Å². The van der Waals surface area contributed by atoms with Crippen molar-refractivity contribution in [3.05, 3.63) is 34.9 Å². The van der Waals surface area contributed by atoms with Crippen LogP contribution in [0.15, 0.2) is 18.2 Å². The van der Waals surface area contributed by atoms with E-state index in [4.69, 9.17) is 52.0 Å². The fourth-order valence-corrected chi connectivity index (χ4v) is 1.93. The van der Waals surface area contributed by atoms with Crippen molar-refractivity contribution in [1.29, 1.82) is 0 Å². The smallest absolute Gasteiger partial charge is 0.180 e. The Morgan fingerprint density at radius 1 is 0.789 bits per heavy atom. The minimum absolute atomic E-state index is 0.680. The summed E-state index contributed by atoms with van der Waals surface area (Å²) in [4.78, 5) is 0. The summed E-state index contributed by atoms with van der Waals surface area (Å²) in [6, 6.07) is 6.35. The quantitative estimate of drug-likeness (QED) is 0.701. The van der Waals surface area contributed by atoms with E-state index in [0.717, 1.165) is 19.3 Å². The van der Waals surface area contributed by atoms with Gasteiger partial charge in [-0.2, -0.15) is 0 Å². The van der Waals surface area contributed by atoms with Crippen LogP contribution in [0.4, 0.5) is 0 Å². The minimum Gasteiger partial charge on any atom is -0.330 e. The number of benzene rings is 1. The predicted octanol–water partition coefficient (Wildman–Crippen LogP) is 2.18. The van der Waals surface area contributed by atoms with Gasteiger partial charge in [-0.15, -0.1) is 0 Å². The first-order valence-corrected chi connectivity index (χ1v) is 7.49. The second kappa shape index (κ2) is 11.8. The molecular weight excluding hydrogens is 305 g/mol. The number of hydrogen-bond acceptors (Lipinski definition) is 3. The molecule has 0 unspecified atom stereocenters. The molecular formula is C13H22Cl3N3. The molecule has 1 aromatic rings. The highest BCUT2D eigenvalue weighted by atomic mass is 35.6. The first kappa shape index (κ1) is 19.0. The van der Waals surface area contributed by atoms with E-state index >= 15 is 0 Å². The Bertz CT molecular complexity index is 319. The lowest BCUT2D eigenvalue weighted by Gasteiger charge is -2.13. The molecule has 0 aliphatic carbocycles. The topological polar surface area (TPSA) is 78.1 Å². The van der Waals surface area contributed by atoms with Crippen molar-refractivity contribution in [3.63, 3.8) is 0 Å². The van der Waals surface area contributed by atoms with Gasteiger partial charge in [0, 0.05) is 0 Å². The van der Waals surface area contributed by atoms with Gasteiger partial charge < -0.3 is 17.2 Å². The molecule has 1 aromatic carbocycles. The molecule has 3 nitrogen and oxygen atoms in total. The maximum Gasteiger partial charge on any atom is 0.180 e. The molecule has 0 saturated heterocycles. The van der Waals surface area contributed by atoms with Gasteiger partial charge in [-0.1, -0.05) is 53.0 Å². The molecule has 0 heterocycles. The lowest BCUT2D eigenvalue weighted by molar-refractivity contribution is 0.867. The van der Waals surface area contributed by atoms with Gasteiger partial charge in [0.1, 0.15) is 0 Å².